The number of ether oxygens (including phenoxy) is 1. The first-order chi connectivity index (χ1) is 18.8. The Kier molecular flexibility index (Phi) is 21.4. The van der Waals surface area contributed by atoms with Gasteiger partial charge in [0, 0.05) is 19.3 Å². The molecular formula is C23H33N8NaO9. The molecule has 0 aromatic carbocycles. The zero-order valence-corrected chi connectivity index (χ0v) is 25.5. The van der Waals surface area contributed by atoms with E-state index in [4.69, 9.17) is 15.8 Å². The second-order valence-corrected chi connectivity index (χ2v) is 8.65. The Balaban J connectivity index is 0. The molecule has 0 unspecified atom stereocenters. The molecule has 17 nitrogen and oxygen atoms in total. The minimum absolute atomic E-state index is 0. The van der Waals surface area contributed by atoms with E-state index in [-0.39, 0.29) is 68.4 Å². The van der Waals surface area contributed by atoms with Crippen LogP contribution in [0.25, 0.3) is 11.1 Å². The molecule has 41 heavy (non-hydrogen) atoms. The molecule has 0 aromatic rings. The van der Waals surface area contributed by atoms with Gasteiger partial charge in [0.2, 0.25) is 29.3 Å². The molecule has 0 aliphatic rings. The second-order valence-electron chi connectivity index (χ2n) is 8.65. The average Bonchev–Trinajstić information content (AvgIpc) is 2.86. The maximum absolute atomic E-state index is 12.8. The van der Waals surface area contributed by atoms with Crippen molar-refractivity contribution in [1.29, 1.82) is 0 Å². The Bertz CT molecular complexity index is 1060. The van der Waals surface area contributed by atoms with E-state index < -0.39 is 72.2 Å². The number of Topliss-reactive ketones (excluding diaryl/α,β-unsaturated/α-hetero) is 2. The second kappa shape index (κ2) is 22.1. The molecule has 3 atom stereocenters. The molecule has 220 valence electrons. The number of nitrogens with zero attached hydrogens (tertiary/aromatic N) is 5. The molecule has 0 spiro atoms. The number of hydrogen-bond acceptors (Lipinski definition) is 10. The van der Waals surface area contributed by atoms with E-state index in [1.807, 2.05) is 0 Å². The summed E-state index contributed by atoms with van der Waals surface area (Å²) in [4.78, 5) is 91.2. The quantitative estimate of drug-likeness (QED) is 0.0398. The Morgan fingerprint density at radius 2 is 1.29 bits per heavy atom. The van der Waals surface area contributed by atoms with Crippen molar-refractivity contribution in [1.82, 2.24) is 20.9 Å². The van der Waals surface area contributed by atoms with Crippen LogP contribution < -0.4 is 50.6 Å². The number of carbonyl (C=O) groups is 7. The fraction of sp³-hybridized carbons (Fsp3) is 0.609. The van der Waals surface area contributed by atoms with Gasteiger partial charge in [-0.1, -0.05) is 0 Å². The number of hydrogen-bond donors (Lipinski definition) is 3. The smallest absolute Gasteiger partial charge is 0.548 e. The third-order valence-electron chi connectivity index (χ3n) is 5.04. The molecule has 0 heterocycles. The molecule has 0 bridgehead atoms. The van der Waals surface area contributed by atoms with Gasteiger partial charge < -0.3 is 46.6 Å². The van der Waals surface area contributed by atoms with Crippen molar-refractivity contribution in [3.63, 3.8) is 0 Å². The molecule has 0 aliphatic heterocycles. The van der Waals surface area contributed by atoms with Crippen LogP contribution in [-0.4, -0.2) is 114 Å². The summed E-state index contributed by atoms with van der Waals surface area (Å²) in [5.41, 5.74) is 16.9. The molecule has 0 aliphatic carbocycles. The first-order valence-electron chi connectivity index (χ1n) is 12.2. The molecule has 3 N–H and O–H groups in total. The van der Waals surface area contributed by atoms with Gasteiger partial charge >= 0.3 is 48.0 Å². The number of carbonyl (C=O) groups excluding carboxylic acids is 7. The van der Waals surface area contributed by atoms with Crippen LogP contribution in [0, 0.1) is 0 Å². The number of ketones is 2. The summed E-state index contributed by atoms with van der Waals surface area (Å²) in [5.74, 6) is -6.24. The summed E-state index contributed by atoms with van der Waals surface area (Å²) in [7, 11) is 3.28. The Morgan fingerprint density at radius 3 is 1.76 bits per heavy atom. The summed E-state index contributed by atoms with van der Waals surface area (Å²) in [5, 5.41) is 18.4. The molecule has 0 aromatic heterocycles. The van der Waals surface area contributed by atoms with E-state index in [2.05, 4.69) is 25.5 Å². The van der Waals surface area contributed by atoms with Gasteiger partial charge in [0.1, 0.15) is 12.1 Å². The number of carboxylic acids is 1. The van der Waals surface area contributed by atoms with Crippen molar-refractivity contribution >= 4 is 53.7 Å². The van der Waals surface area contributed by atoms with E-state index in [1.165, 1.54) is 0 Å². The Hall–Kier alpha value is -3.59. The van der Waals surface area contributed by atoms with Crippen LogP contribution >= 0.6 is 0 Å². The SMILES string of the molecule is CCOC(=O)[C@H](CCC(=O)N[C@@H](CCC(=O)C=[N+]=[N-])C(=O)N[C@@H](CCC(=O)C=[N+]=[N-])C(=O)[O-])NC(=O)CN(C)C.[Na+]. The van der Waals surface area contributed by atoms with Crippen LogP contribution in [0.5, 0.6) is 0 Å². The predicted molar refractivity (Wildman–Crippen MR) is 133 cm³/mol. The third-order valence-corrected chi connectivity index (χ3v) is 5.04. The van der Waals surface area contributed by atoms with Crippen molar-refractivity contribution in [2.45, 2.75) is 63.6 Å². The van der Waals surface area contributed by atoms with Gasteiger partial charge in [-0.05, 0) is 40.3 Å². The van der Waals surface area contributed by atoms with Gasteiger partial charge in [-0.25, -0.2) is 4.79 Å². The zero-order chi connectivity index (χ0) is 30.7. The van der Waals surface area contributed by atoms with Crippen molar-refractivity contribution in [3.05, 3.63) is 11.1 Å². The number of likely N-dealkylation sites (N-methyl/N-ethyl adjacent to an activating group) is 1. The average molecular weight is 589 g/mol. The monoisotopic (exact) mass is 588 g/mol. The summed E-state index contributed by atoms with van der Waals surface area (Å²) in [6.07, 6.45) is -1.00. The number of nitrogens with one attached hydrogen (secondary N) is 3. The largest absolute Gasteiger partial charge is 1.00 e. The summed E-state index contributed by atoms with van der Waals surface area (Å²) >= 11 is 0. The Labute approximate surface area is 258 Å². The fourth-order valence-corrected chi connectivity index (χ4v) is 3.18. The predicted octanol–water partition coefficient (Wildman–Crippen LogP) is -6.60. The van der Waals surface area contributed by atoms with E-state index in [9.17, 15) is 38.7 Å². The van der Waals surface area contributed by atoms with Crippen LogP contribution in [0.15, 0.2) is 0 Å². The number of esters is 1. The Morgan fingerprint density at radius 1 is 0.805 bits per heavy atom. The van der Waals surface area contributed by atoms with Gasteiger partial charge in [0.15, 0.2) is 0 Å². The maximum Gasteiger partial charge on any atom is 1.00 e. The van der Waals surface area contributed by atoms with Crippen molar-refractivity contribution in [2.75, 3.05) is 27.2 Å². The van der Waals surface area contributed by atoms with E-state index in [0.29, 0.717) is 12.4 Å². The van der Waals surface area contributed by atoms with E-state index in [0.717, 1.165) is 0 Å². The molecule has 0 saturated heterocycles. The molecule has 0 fully saturated rings. The summed E-state index contributed by atoms with van der Waals surface area (Å²) in [6, 6.07) is -4.29. The van der Waals surface area contributed by atoms with E-state index >= 15 is 0 Å². The van der Waals surface area contributed by atoms with Crippen LogP contribution in [0.3, 0.4) is 0 Å². The third kappa shape index (κ3) is 18.4. The number of aliphatic carboxylic acids is 1. The first kappa shape index (κ1) is 39.6. The molecule has 0 rings (SSSR count). The fourth-order valence-electron chi connectivity index (χ4n) is 3.18. The van der Waals surface area contributed by atoms with Crippen LogP contribution in [0.1, 0.15) is 45.4 Å². The van der Waals surface area contributed by atoms with Gasteiger partial charge in [0.05, 0.1) is 25.2 Å². The number of carboxylic acid groups (broad SMARTS) is 1. The van der Waals surface area contributed by atoms with E-state index in [1.54, 1.807) is 25.9 Å². The van der Waals surface area contributed by atoms with Crippen LogP contribution in [-0.2, 0) is 38.3 Å². The van der Waals surface area contributed by atoms with Gasteiger partial charge in [0.25, 0.3) is 0 Å². The molecule has 18 heteroatoms. The van der Waals surface area contributed by atoms with Gasteiger partial charge in [-0.2, -0.15) is 9.58 Å². The minimum Gasteiger partial charge on any atom is -0.548 e. The van der Waals surface area contributed by atoms with Crippen LogP contribution in [0.4, 0.5) is 0 Å². The van der Waals surface area contributed by atoms with Gasteiger partial charge in [-0.3, -0.25) is 24.0 Å². The topological polar surface area (TPSA) is 264 Å². The first-order valence-corrected chi connectivity index (χ1v) is 12.2. The zero-order valence-electron chi connectivity index (χ0n) is 23.5. The molecule has 0 radical (unpaired) electrons. The standard InChI is InChI=1S/C23H34N8O9.Na/c1-4-40-23(39)18(29-20(35)13-31(2)3)9-10-19(34)28-16(7-5-14(32)11-26-24)21(36)30-17(22(37)38)8-6-15(33)12-27-25;/h11-12,16-18H,4-10,13H2,1-3H3,(H,28,34)(H,29,35)(H,30,36)(H,37,38);/q;+1/p-1/t16-,17-,18-;/m0./s1. The number of rotatable bonds is 20. The molecule has 0 saturated carbocycles. The summed E-state index contributed by atoms with van der Waals surface area (Å²) < 4.78 is 4.93. The summed E-state index contributed by atoms with van der Waals surface area (Å²) in [6.45, 7) is 1.55. The maximum atomic E-state index is 12.8. The molecule has 3 amide bonds. The molecular weight excluding hydrogens is 555 g/mol. The van der Waals surface area contributed by atoms with Crippen molar-refractivity contribution in [3.8, 4) is 0 Å². The van der Waals surface area contributed by atoms with Crippen LogP contribution in [0.2, 0.25) is 0 Å². The number of amides is 3. The normalized spacial score (nSPS) is 12.1. The minimum atomic E-state index is -1.73. The van der Waals surface area contributed by atoms with Crippen molar-refractivity contribution < 1.29 is 82.5 Å². The van der Waals surface area contributed by atoms with Gasteiger partial charge in [-0.15, -0.1) is 0 Å². The van der Waals surface area contributed by atoms with Crippen molar-refractivity contribution in [2.24, 2.45) is 0 Å².